The third-order valence-corrected chi connectivity index (χ3v) is 7.14. The first-order chi connectivity index (χ1) is 16.7. The predicted octanol–water partition coefficient (Wildman–Crippen LogP) is 4.82. The van der Waals surface area contributed by atoms with E-state index in [2.05, 4.69) is 17.4 Å². The van der Waals surface area contributed by atoms with E-state index in [4.69, 9.17) is 9.47 Å². The van der Waals surface area contributed by atoms with Gasteiger partial charge >= 0.3 is 6.03 Å². The Bertz CT molecular complexity index is 1220. The zero-order valence-corrected chi connectivity index (χ0v) is 18.6. The fourth-order valence-electron chi connectivity index (χ4n) is 5.39. The molecule has 0 aliphatic carbocycles. The summed E-state index contributed by atoms with van der Waals surface area (Å²) in [5, 5.41) is 2.95. The molecule has 7 nitrogen and oxygen atoms in total. The second-order valence-corrected chi connectivity index (χ2v) is 8.97. The van der Waals surface area contributed by atoms with Gasteiger partial charge < -0.3 is 24.6 Å². The number of urea groups is 1. The summed E-state index contributed by atoms with van der Waals surface area (Å²) in [5.74, 6) is 1.45. The minimum absolute atomic E-state index is 0.0392. The predicted molar refractivity (Wildman–Crippen MR) is 128 cm³/mol. The van der Waals surface area contributed by atoms with E-state index in [9.17, 15) is 9.59 Å². The van der Waals surface area contributed by atoms with Crippen molar-refractivity contribution in [1.82, 2.24) is 4.90 Å². The molecule has 0 radical (unpaired) electrons. The van der Waals surface area contributed by atoms with E-state index >= 15 is 0 Å². The maximum absolute atomic E-state index is 13.6. The number of hydrogen-bond donors (Lipinski definition) is 1. The monoisotopic (exact) mass is 455 g/mol. The van der Waals surface area contributed by atoms with E-state index < -0.39 is 5.41 Å². The van der Waals surface area contributed by atoms with Gasteiger partial charge in [-0.1, -0.05) is 48.5 Å². The molecule has 2 saturated heterocycles. The van der Waals surface area contributed by atoms with Crippen molar-refractivity contribution in [3.05, 3.63) is 84.4 Å². The Morgan fingerprint density at radius 3 is 2.29 bits per heavy atom. The number of nitrogens with one attached hydrogen (secondary N) is 1. The van der Waals surface area contributed by atoms with Crippen LogP contribution in [0.2, 0.25) is 0 Å². The zero-order valence-electron chi connectivity index (χ0n) is 18.6. The van der Waals surface area contributed by atoms with Crippen molar-refractivity contribution in [2.75, 3.05) is 30.1 Å². The number of carbonyl (C=O) groups is 2. The summed E-state index contributed by atoms with van der Waals surface area (Å²) in [5.41, 5.74) is 2.21. The van der Waals surface area contributed by atoms with Gasteiger partial charge in [0.1, 0.15) is 0 Å². The van der Waals surface area contributed by atoms with Crippen LogP contribution in [-0.2, 0) is 4.79 Å². The Hall–Kier alpha value is -4.00. The van der Waals surface area contributed by atoms with Gasteiger partial charge in [0.15, 0.2) is 11.5 Å². The summed E-state index contributed by atoms with van der Waals surface area (Å²) in [6.07, 6.45) is 1.26. The molecule has 1 unspecified atom stereocenters. The molecule has 3 heterocycles. The van der Waals surface area contributed by atoms with Crippen LogP contribution in [0.4, 0.5) is 16.2 Å². The number of rotatable bonds is 3. The third-order valence-electron chi connectivity index (χ3n) is 7.14. The molecule has 34 heavy (non-hydrogen) atoms. The number of benzene rings is 3. The number of piperidine rings is 1. The Morgan fingerprint density at radius 1 is 0.882 bits per heavy atom. The molecular formula is C27H25N3O4. The molecular weight excluding hydrogens is 430 g/mol. The SMILES string of the molecule is O=C(Nc1ccc2c(c1)OCO2)N1CCC2(CC1)C(=O)N(c1ccccc1)C2c1ccccc1. The summed E-state index contributed by atoms with van der Waals surface area (Å²) in [7, 11) is 0. The molecule has 3 aromatic rings. The van der Waals surface area contributed by atoms with E-state index in [1.54, 1.807) is 23.1 Å². The Labute approximate surface area is 197 Å². The maximum Gasteiger partial charge on any atom is 0.321 e. The number of likely N-dealkylation sites (tertiary alicyclic amines) is 1. The molecule has 1 atom stereocenters. The van der Waals surface area contributed by atoms with Crippen molar-refractivity contribution >= 4 is 23.3 Å². The molecule has 3 aromatic carbocycles. The minimum atomic E-state index is -0.493. The summed E-state index contributed by atoms with van der Waals surface area (Å²) in [4.78, 5) is 30.2. The van der Waals surface area contributed by atoms with Crippen molar-refractivity contribution in [2.45, 2.75) is 18.9 Å². The number of β-lactam (4-membered cyclic amide) rings is 1. The first-order valence-electron chi connectivity index (χ1n) is 11.5. The number of anilines is 2. The van der Waals surface area contributed by atoms with Crippen LogP contribution in [-0.4, -0.2) is 36.7 Å². The zero-order chi connectivity index (χ0) is 23.1. The lowest BCUT2D eigenvalue weighted by Crippen LogP contribution is -2.67. The van der Waals surface area contributed by atoms with Gasteiger partial charge in [0.25, 0.3) is 0 Å². The fourth-order valence-corrected chi connectivity index (χ4v) is 5.39. The highest BCUT2D eigenvalue weighted by atomic mass is 16.7. The quantitative estimate of drug-likeness (QED) is 0.575. The van der Waals surface area contributed by atoms with E-state index in [0.717, 1.165) is 11.3 Å². The second kappa shape index (κ2) is 8.09. The molecule has 3 amide bonds. The largest absolute Gasteiger partial charge is 0.454 e. The molecule has 172 valence electrons. The lowest BCUT2D eigenvalue weighted by Gasteiger charge is -2.59. The normalized spacial score (nSPS) is 20.2. The van der Waals surface area contributed by atoms with Gasteiger partial charge in [0.05, 0.1) is 11.5 Å². The molecule has 3 aliphatic heterocycles. The number of fused-ring (bicyclic) bond motifs is 1. The van der Waals surface area contributed by atoms with Crippen LogP contribution in [0, 0.1) is 5.41 Å². The number of hydrogen-bond acceptors (Lipinski definition) is 4. The van der Waals surface area contributed by atoms with E-state index in [1.165, 1.54) is 0 Å². The van der Waals surface area contributed by atoms with Crippen molar-refractivity contribution in [3.63, 3.8) is 0 Å². The molecule has 7 heteroatoms. The number of nitrogens with zero attached hydrogens (tertiary/aromatic N) is 2. The topological polar surface area (TPSA) is 71.1 Å². The third kappa shape index (κ3) is 3.27. The first-order valence-corrected chi connectivity index (χ1v) is 11.5. The van der Waals surface area contributed by atoms with E-state index in [0.29, 0.717) is 43.1 Å². The molecule has 0 bridgehead atoms. The first kappa shape index (κ1) is 20.6. The van der Waals surface area contributed by atoms with Crippen LogP contribution < -0.4 is 19.7 Å². The highest BCUT2D eigenvalue weighted by Crippen LogP contribution is 2.57. The average molecular weight is 456 g/mol. The average Bonchev–Trinajstić information content (AvgIpc) is 3.36. The van der Waals surface area contributed by atoms with Crippen LogP contribution in [0.25, 0.3) is 0 Å². The van der Waals surface area contributed by atoms with E-state index in [1.807, 2.05) is 53.4 Å². The highest BCUT2D eigenvalue weighted by molar-refractivity contribution is 6.06. The highest BCUT2D eigenvalue weighted by Gasteiger charge is 2.62. The van der Waals surface area contributed by atoms with Crippen molar-refractivity contribution in [2.24, 2.45) is 5.41 Å². The number of ether oxygens (including phenoxy) is 2. The van der Waals surface area contributed by atoms with Crippen molar-refractivity contribution < 1.29 is 19.1 Å². The molecule has 0 saturated carbocycles. The van der Waals surface area contributed by atoms with Crippen molar-refractivity contribution in [1.29, 1.82) is 0 Å². The van der Waals surface area contributed by atoms with E-state index in [-0.39, 0.29) is 24.8 Å². The van der Waals surface area contributed by atoms with Crippen molar-refractivity contribution in [3.8, 4) is 11.5 Å². The van der Waals surface area contributed by atoms with Gasteiger partial charge in [-0.2, -0.15) is 0 Å². The number of amides is 3. The van der Waals surface area contributed by atoms with Crippen LogP contribution in [0.1, 0.15) is 24.4 Å². The van der Waals surface area contributed by atoms with Gasteiger partial charge in [-0.3, -0.25) is 4.79 Å². The molecule has 3 aliphatic rings. The summed E-state index contributed by atoms with van der Waals surface area (Å²) < 4.78 is 10.7. The number of carbonyl (C=O) groups excluding carboxylic acids is 2. The smallest absolute Gasteiger partial charge is 0.321 e. The maximum atomic E-state index is 13.6. The Kier molecular flexibility index (Phi) is 4.90. The Morgan fingerprint density at radius 2 is 1.56 bits per heavy atom. The van der Waals surface area contributed by atoms with Gasteiger partial charge in [-0.25, -0.2) is 4.79 Å². The lowest BCUT2D eigenvalue weighted by molar-refractivity contribution is -0.144. The molecule has 1 N–H and O–H groups in total. The van der Waals surface area contributed by atoms with Crippen LogP contribution >= 0.6 is 0 Å². The van der Waals surface area contributed by atoms with Crippen LogP contribution in [0.3, 0.4) is 0 Å². The summed E-state index contributed by atoms with van der Waals surface area (Å²) in [6.45, 7) is 1.24. The Balaban J connectivity index is 1.19. The standard InChI is InChI=1S/C27H25N3O4/c31-25-27(24(19-7-3-1-4-8-19)30(25)21-9-5-2-6-10-21)13-15-29(16-14-27)26(32)28-20-11-12-22-23(17-20)34-18-33-22/h1-12,17,24H,13-16,18H2,(H,28,32). The van der Waals surface area contributed by atoms with Gasteiger partial charge in [-0.15, -0.1) is 0 Å². The molecule has 2 fully saturated rings. The van der Waals surface area contributed by atoms with Gasteiger partial charge in [-0.05, 0) is 42.7 Å². The second-order valence-electron chi connectivity index (χ2n) is 8.97. The summed E-state index contributed by atoms with van der Waals surface area (Å²) in [6, 6.07) is 25.2. The number of para-hydroxylation sites is 1. The summed E-state index contributed by atoms with van der Waals surface area (Å²) >= 11 is 0. The minimum Gasteiger partial charge on any atom is -0.454 e. The van der Waals surface area contributed by atoms with Gasteiger partial charge in [0.2, 0.25) is 12.7 Å². The molecule has 6 rings (SSSR count). The van der Waals surface area contributed by atoms with Gasteiger partial charge in [0, 0.05) is 30.5 Å². The molecule has 1 spiro atoms. The fraction of sp³-hybridized carbons (Fsp3) is 0.259. The van der Waals surface area contributed by atoms with Crippen LogP contribution in [0.5, 0.6) is 11.5 Å². The molecule has 0 aromatic heterocycles. The van der Waals surface area contributed by atoms with Crippen LogP contribution in [0.15, 0.2) is 78.9 Å². The lowest BCUT2D eigenvalue weighted by atomic mass is 9.62.